The van der Waals surface area contributed by atoms with Gasteiger partial charge >= 0.3 is 12.1 Å². The number of hydrogen-bond acceptors (Lipinski definition) is 4. The Bertz CT molecular complexity index is 1280. The molecule has 3 aromatic carbocycles. The van der Waals surface area contributed by atoms with E-state index in [4.69, 9.17) is 11.6 Å². The molecule has 2 atom stereocenters. The molecule has 0 heterocycles. The van der Waals surface area contributed by atoms with Crippen LogP contribution in [0.4, 0.5) is 18.9 Å². The van der Waals surface area contributed by atoms with Crippen molar-refractivity contribution in [2.75, 3.05) is 12.4 Å². The Balaban J connectivity index is 1.89. The molecule has 1 amide bonds. The molecule has 36 heavy (non-hydrogen) atoms. The fraction of sp³-hybridized carbons (Fsp3) is 0.259. The minimum atomic E-state index is -4.78. The second-order valence-electron chi connectivity index (χ2n) is 8.43. The van der Waals surface area contributed by atoms with Gasteiger partial charge in [-0.2, -0.15) is 13.2 Å². The summed E-state index contributed by atoms with van der Waals surface area (Å²) in [6, 6.07) is 15.0. The number of rotatable bonds is 7. The number of esters is 1. The van der Waals surface area contributed by atoms with Gasteiger partial charge in [0.2, 0.25) is 0 Å². The zero-order chi connectivity index (χ0) is 26.6. The van der Waals surface area contributed by atoms with E-state index in [1.165, 1.54) is 13.0 Å². The Morgan fingerprint density at radius 1 is 0.972 bits per heavy atom. The highest BCUT2D eigenvalue weighted by Gasteiger charge is 2.36. The Labute approximate surface area is 212 Å². The van der Waals surface area contributed by atoms with E-state index < -0.39 is 35.2 Å². The van der Waals surface area contributed by atoms with Gasteiger partial charge in [0.15, 0.2) is 0 Å². The molecule has 0 aliphatic heterocycles. The third-order valence-electron chi connectivity index (χ3n) is 5.73. The molecule has 0 aliphatic rings. The van der Waals surface area contributed by atoms with Crippen LogP contribution >= 0.6 is 11.6 Å². The molecule has 0 radical (unpaired) electrons. The van der Waals surface area contributed by atoms with Crippen molar-refractivity contribution in [3.05, 3.63) is 87.9 Å². The number of halogens is 4. The Kier molecular flexibility index (Phi) is 8.30. The van der Waals surface area contributed by atoms with E-state index in [9.17, 15) is 22.8 Å². The monoisotopic (exact) mass is 518 g/mol. The SMILES string of the molecule is COC(=O)C(C)NC(=O)c1ccc(-c2cccc(NC(C)c3ccc(Cl)c(C)c3)c2)cc1C(F)(F)F. The molecule has 9 heteroatoms. The van der Waals surface area contributed by atoms with Crippen LogP contribution < -0.4 is 10.6 Å². The maximum Gasteiger partial charge on any atom is 0.417 e. The molecule has 2 unspecified atom stereocenters. The summed E-state index contributed by atoms with van der Waals surface area (Å²) >= 11 is 6.11. The number of carbonyl (C=O) groups excluding carboxylic acids is 2. The molecule has 0 spiro atoms. The molecular formula is C27H26ClF3N2O3. The van der Waals surface area contributed by atoms with Gasteiger partial charge in [-0.1, -0.05) is 41.9 Å². The molecule has 0 saturated heterocycles. The predicted molar refractivity (Wildman–Crippen MR) is 134 cm³/mol. The van der Waals surface area contributed by atoms with Crippen molar-refractivity contribution in [2.24, 2.45) is 0 Å². The molecule has 0 aromatic heterocycles. The molecular weight excluding hydrogens is 493 g/mol. The number of amides is 1. The van der Waals surface area contributed by atoms with Crippen molar-refractivity contribution in [3.63, 3.8) is 0 Å². The maximum absolute atomic E-state index is 13.9. The molecule has 190 valence electrons. The van der Waals surface area contributed by atoms with Gasteiger partial charge in [-0.25, -0.2) is 4.79 Å². The van der Waals surface area contributed by atoms with Crippen molar-refractivity contribution in [1.29, 1.82) is 0 Å². The first kappa shape index (κ1) is 27.1. The first-order chi connectivity index (χ1) is 16.9. The first-order valence-corrected chi connectivity index (χ1v) is 11.5. The van der Waals surface area contributed by atoms with E-state index in [2.05, 4.69) is 15.4 Å². The molecule has 0 fully saturated rings. The maximum atomic E-state index is 13.9. The van der Waals surface area contributed by atoms with Crippen LogP contribution in [0.5, 0.6) is 0 Å². The van der Waals surface area contributed by atoms with E-state index in [0.717, 1.165) is 36.1 Å². The molecule has 0 bridgehead atoms. The van der Waals surface area contributed by atoms with Crippen LogP contribution in [-0.2, 0) is 15.7 Å². The summed E-state index contributed by atoms with van der Waals surface area (Å²) in [6.45, 7) is 5.22. The number of methoxy groups -OCH3 is 1. The number of benzene rings is 3. The summed E-state index contributed by atoms with van der Waals surface area (Å²) in [5.41, 5.74) is 1.83. The van der Waals surface area contributed by atoms with Crippen LogP contribution in [0.15, 0.2) is 60.7 Å². The number of aryl methyl sites for hydroxylation is 1. The summed E-state index contributed by atoms with van der Waals surface area (Å²) in [5.74, 6) is -1.78. The molecule has 3 aromatic rings. The van der Waals surface area contributed by atoms with Gasteiger partial charge in [0.1, 0.15) is 6.04 Å². The first-order valence-electron chi connectivity index (χ1n) is 11.1. The molecule has 0 aliphatic carbocycles. The largest absolute Gasteiger partial charge is 0.467 e. The quantitative estimate of drug-likeness (QED) is 0.338. The smallest absolute Gasteiger partial charge is 0.417 e. The lowest BCUT2D eigenvalue weighted by atomic mass is 9.97. The number of hydrogen-bond donors (Lipinski definition) is 2. The molecule has 2 N–H and O–H groups in total. The Morgan fingerprint density at radius 2 is 1.67 bits per heavy atom. The van der Waals surface area contributed by atoms with Crippen molar-refractivity contribution in [3.8, 4) is 11.1 Å². The number of alkyl halides is 3. The fourth-order valence-corrected chi connectivity index (χ4v) is 3.84. The van der Waals surface area contributed by atoms with Gasteiger partial charge in [0.25, 0.3) is 5.91 Å². The Morgan fingerprint density at radius 3 is 2.31 bits per heavy atom. The van der Waals surface area contributed by atoms with Gasteiger partial charge < -0.3 is 15.4 Å². The van der Waals surface area contributed by atoms with E-state index in [1.54, 1.807) is 18.2 Å². The second kappa shape index (κ2) is 11.0. The summed E-state index contributed by atoms with van der Waals surface area (Å²) in [4.78, 5) is 24.1. The zero-order valence-electron chi connectivity index (χ0n) is 20.2. The summed E-state index contributed by atoms with van der Waals surface area (Å²) in [5, 5.41) is 6.27. The fourth-order valence-electron chi connectivity index (χ4n) is 3.73. The summed E-state index contributed by atoms with van der Waals surface area (Å²) in [7, 11) is 1.13. The number of nitrogens with one attached hydrogen (secondary N) is 2. The predicted octanol–water partition coefficient (Wildman–Crippen LogP) is 6.80. The third-order valence-corrected chi connectivity index (χ3v) is 6.16. The van der Waals surface area contributed by atoms with Crippen LogP contribution in [0.25, 0.3) is 11.1 Å². The lowest BCUT2D eigenvalue weighted by molar-refractivity contribution is -0.142. The van der Waals surface area contributed by atoms with Gasteiger partial charge in [0, 0.05) is 16.8 Å². The molecule has 0 saturated carbocycles. The lowest BCUT2D eigenvalue weighted by Crippen LogP contribution is -2.39. The summed E-state index contributed by atoms with van der Waals surface area (Å²) < 4.78 is 46.1. The van der Waals surface area contributed by atoms with Crippen molar-refractivity contribution < 1.29 is 27.5 Å². The highest BCUT2D eigenvalue weighted by atomic mass is 35.5. The standard InChI is InChI=1S/C27H26ClF3N2O3/c1-15-12-18(9-11-24(15)28)16(2)32-21-7-5-6-19(13-21)20-8-10-22(23(14-20)27(29,30)31)25(34)33-17(3)26(35)36-4/h5-14,16-17,32H,1-4H3,(H,33,34). The van der Waals surface area contributed by atoms with E-state index in [0.29, 0.717) is 16.1 Å². The average molecular weight is 519 g/mol. The van der Waals surface area contributed by atoms with Gasteiger partial charge in [-0.15, -0.1) is 0 Å². The van der Waals surface area contributed by atoms with Crippen molar-refractivity contribution in [1.82, 2.24) is 5.32 Å². The summed E-state index contributed by atoms with van der Waals surface area (Å²) in [6.07, 6.45) is -4.78. The number of anilines is 1. The number of carbonyl (C=O) groups is 2. The third kappa shape index (κ3) is 6.37. The van der Waals surface area contributed by atoms with Crippen molar-refractivity contribution in [2.45, 2.75) is 39.0 Å². The van der Waals surface area contributed by atoms with E-state index in [1.807, 2.05) is 38.1 Å². The normalized spacial score (nSPS) is 13.0. The zero-order valence-corrected chi connectivity index (χ0v) is 20.9. The van der Waals surface area contributed by atoms with Crippen LogP contribution in [-0.4, -0.2) is 25.0 Å². The number of ether oxygens (including phenoxy) is 1. The van der Waals surface area contributed by atoms with E-state index >= 15 is 0 Å². The average Bonchev–Trinajstić information content (AvgIpc) is 2.84. The van der Waals surface area contributed by atoms with Gasteiger partial charge in [0.05, 0.1) is 18.2 Å². The van der Waals surface area contributed by atoms with Crippen LogP contribution in [0.3, 0.4) is 0 Å². The topological polar surface area (TPSA) is 67.4 Å². The molecule has 5 nitrogen and oxygen atoms in total. The van der Waals surface area contributed by atoms with Gasteiger partial charge in [-0.3, -0.25) is 4.79 Å². The Hall–Kier alpha value is -3.52. The highest BCUT2D eigenvalue weighted by Crippen LogP contribution is 2.36. The molecule has 3 rings (SSSR count). The van der Waals surface area contributed by atoms with Gasteiger partial charge in [-0.05, 0) is 73.4 Å². The van der Waals surface area contributed by atoms with E-state index in [-0.39, 0.29) is 6.04 Å². The van der Waals surface area contributed by atoms with Crippen LogP contribution in [0, 0.1) is 6.92 Å². The second-order valence-corrected chi connectivity index (χ2v) is 8.84. The van der Waals surface area contributed by atoms with Crippen molar-refractivity contribution >= 4 is 29.2 Å². The lowest BCUT2D eigenvalue weighted by Gasteiger charge is -2.18. The highest BCUT2D eigenvalue weighted by molar-refractivity contribution is 6.31. The van der Waals surface area contributed by atoms with Crippen LogP contribution in [0.2, 0.25) is 5.02 Å². The minimum Gasteiger partial charge on any atom is -0.467 e. The van der Waals surface area contributed by atoms with Crippen LogP contribution in [0.1, 0.15) is 46.9 Å². The minimum absolute atomic E-state index is 0.0789.